The standard InChI is InChI=1S/C13H16BrN3O/c1-3-9(2)16-12-11(14)7-15-17(13(12)18)8-10-5-4-6-10/h1,7,9-10,16H,4-6,8H2,2H3. The van der Waals surface area contributed by atoms with E-state index in [1.165, 1.54) is 23.9 Å². The van der Waals surface area contributed by atoms with E-state index < -0.39 is 0 Å². The molecular weight excluding hydrogens is 294 g/mol. The molecule has 1 aromatic heterocycles. The van der Waals surface area contributed by atoms with Crippen molar-refractivity contribution in [3.05, 3.63) is 21.0 Å². The summed E-state index contributed by atoms with van der Waals surface area (Å²) in [6.07, 6.45) is 10.6. The number of aromatic nitrogens is 2. The summed E-state index contributed by atoms with van der Waals surface area (Å²) in [4.78, 5) is 12.3. The lowest BCUT2D eigenvalue weighted by molar-refractivity contribution is 0.262. The van der Waals surface area contributed by atoms with Crippen LogP contribution in [0.4, 0.5) is 5.69 Å². The van der Waals surface area contributed by atoms with Gasteiger partial charge in [-0.25, -0.2) is 4.68 Å². The van der Waals surface area contributed by atoms with Crippen LogP contribution in [0.3, 0.4) is 0 Å². The van der Waals surface area contributed by atoms with E-state index in [9.17, 15) is 4.79 Å². The first-order valence-electron chi connectivity index (χ1n) is 6.10. The summed E-state index contributed by atoms with van der Waals surface area (Å²) in [5, 5.41) is 7.18. The summed E-state index contributed by atoms with van der Waals surface area (Å²) in [5.74, 6) is 3.14. The molecule has 0 saturated heterocycles. The first-order valence-corrected chi connectivity index (χ1v) is 6.89. The van der Waals surface area contributed by atoms with Crippen molar-refractivity contribution in [2.24, 2.45) is 5.92 Å². The van der Waals surface area contributed by atoms with Crippen molar-refractivity contribution in [1.29, 1.82) is 0 Å². The molecule has 0 bridgehead atoms. The fourth-order valence-corrected chi connectivity index (χ4v) is 2.28. The Labute approximate surface area is 115 Å². The van der Waals surface area contributed by atoms with Gasteiger partial charge in [0.2, 0.25) is 0 Å². The highest BCUT2D eigenvalue weighted by molar-refractivity contribution is 9.10. The van der Waals surface area contributed by atoms with Crippen molar-refractivity contribution in [3.8, 4) is 12.3 Å². The first-order chi connectivity index (χ1) is 8.61. The maximum atomic E-state index is 12.3. The predicted molar refractivity (Wildman–Crippen MR) is 75.5 cm³/mol. The van der Waals surface area contributed by atoms with Gasteiger partial charge in [-0.05, 0) is 41.6 Å². The summed E-state index contributed by atoms with van der Waals surface area (Å²) >= 11 is 3.33. The number of halogens is 1. The van der Waals surface area contributed by atoms with Gasteiger partial charge < -0.3 is 5.32 Å². The van der Waals surface area contributed by atoms with Crippen LogP contribution in [-0.2, 0) is 6.54 Å². The smallest absolute Gasteiger partial charge is 0.291 e. The summed E-state index contributed by atoms with van der Waals surface area (Å²) < 4.78 is 2.18. The quantitative estimate of drug-likeness (QED) is 0.868. The zero-order valence-corrected chi connectivity index (χ0v) is 11.9. The van der Waals surface area contributed by atoms with E-state index in [0.29, 0.717) is 22.6 Å². The lowest BCUT2D eigenvalue weighted by Crippen LogP contribution is -2.32. The minimum Gasteiger partial charge on any atom is -0.366 e. The van der Waals surface area contributed by atoms with Crippen LogP contribution in [0.15, 0.2) is 15.5 Å². The number of nitrogens with zero attached hydrogens (tertiary/aromatic N) is 2. The fraction of sp³-hybridized carbons (Fsp3) is 0.538. The third-order valence-electron chi connectivity index (χ3n) is 3.26. The average molecular weight is 310 g/mol. The van der Waals surface area contributed by atoms with Crippen LogP contribution in [-0.4, -0.2) is 15.8 Å². The Hall–Kier alpha value is -1.28. The van der Waals surface area contributed by atoms with E-state index in [-0.39, 0.29) is 11.6 Å². The third-order valence-corrected chi connectivity index (χ3v) is 3.87. The van der Waals surface area contributed by atoms with Crippen LogP contribution >= 0.6 is 15.9 Å². The number of rotatable bonds is 4. The van der Waals surface area contributed by atoms with Crippen molar-refractivity contribution in [2.45, 2.75) is 38.8 Å². The highest BCUT2D eigenvalue weighted by atomic mass is 79.9. The van der Waals surface area contributed by atoms with Crippen LogP contribution in [0.25, 0.3) is 0 Å². The molecule has 1 N–H and O–H groups in total. The van der Waals surface area contributed by atoms with Crippen LogP contribution in [0.5, 0.6) is 0 Å². The largest absolute Gasteiger partial charge is 0.366 e. The van der Waals surface area contributed by atoms with Crippen molar-refractivity contribution in [3.63, 3.8) is 0 Å². The van der Waals surface area contributed by atoms with Gasteiger partial charge in [-0.2, -0.15) is 5.10 Å². The number of hydrogen-bond donors (Lipinski definition) is 1. The van der Waals surface area contributed by atoms with Gasteiger partial charge in [0, 0.05) is 6.54 Å². The first kappa shape index (κ1) is 13.2. The van der Waals surface area contributed by atoms with Crippen LogP contribution in [0.2, 0.25) is 0 Å². The third kappa shape index (κ3) is 2.75. The number of nitrogens with one attached hydrogen (secondary N) is 1. The Kier molecular flexibility index (Phi) is 4.07. The van der Waals surface area contributed by atoms with Crippen LogP contribution in [0, 0.1) is 18.3 Å². The van der Waals surface area contributed by atoms with E-state index in [1.54, 1.807) is 6.20 Å². The molecule has 2 rings (SSSR count). The Morgan fingerprint density at radius 1 is 1.72 bits per heavy atom. The van der Waals surface area contributed by atoms with Gasteiger partial charge in [-0.1, -0.05) is 12.3 Å². The maximum Gasteiger partial charge on any atom is 0.291 e. The van der Waals surface area contributed by atoms with Gasteiger partial charge in [0.1, 0.15) is 5.69 Å². The Morgan fingerprint density at radius 3 is 3.00 bits per heavy atom. The molecular formula is C13H16BrN3O. The molecule has 0 radical (unpaired) electrons. The van der Waals surface area contributed by atoms with Crippen molar-refractivity contribution in [1.82, 2.24) is 9.78 Å². The molecule has 1 fully saturated rings. The minimum atomic E-state index is -0.187. The van der Waals surface area contributed by atoms with E-state index in [4.69, 9.17) is 6.42 Å². The van der Waals surface area contributed by atoms with Crippen molar-refractivity contribution in [2.75, 3.05) is 5.32 Å². The molecule has 0 spiro atoms. The van der Waals surface area contributed by atoms with Crippen molar-refractivity contribution >= 4 is 21.6 Å². The second kappa shape index (κ2) is 5.57. The van der Waals surface area contributed by atoms with Gasteiger partial charge in [0.25, 0.3) is 5.56 Å². The molecule has 0 amide bonds. The summed E-state index contributed by atoms with van der Waals surface area (Å²) in [5.41, 5.74) is 0.383. The van der Waals surface area contributed by atoms with Crippen LogP contribution in [0.1, 0.15) is 26.2 Å². The van der Waals surface area contributed by atoms with Crippen LogP contribution < -0.4 is 10.9 Å². The average Bonchev–Trinajstić information content (AvgIpc) is 2.31. The number of terminal acetylenes is 1. The SMILES string of the molecule is C#CC(C)Nc1c(Br)cnn(CC2CCC2)c1=O. The monoisotopic (exact) mass is 309 g/mol. The molecule has 0 aromatic carbocycles. The highest BCUT2D eigenvalue weighted by Gasteiger charge is 2.20. The molecule has 1 unspecified atom stereocenters. The maximum absolute atomic E-state index is 12.3. The Balaban J connectivity index is 2.24. The molecule has 1 heterocycles. The van der Waals surface area contributed by atoms with Gasteiger partial charge in [0.05, 0.1) is 16.7 Å². The molecule has 1 atom stereocenters. The van der Waals surface area contributed by atoms with E-state index in [0.717, 1.165) is 0 Å². The molecule has 1 aromatic rings. The predicted octanol–water partition coefficient (Wildman–Crippen LogP) is 2.24. The fourth-order valence-electron chi connectivity index (χ4n) is 1.91. The molecule has 0 aliphatic heterocycles. The molecule has 1 aliphatic rings. The number of hydrogen-bond acceptors (Lipinski definition) is 3. The van der Waals surface area contributed by atoms with Gasteiger partial charge >= 0.3 is 0 Å². The molecule has 18 heavy (non-hydrogen) atoms. The Morgan fingerprint density at radius 2 is 2.44 bits per heavy atom. The summed E-state index contributed by atoms with van der Waals surface area (Å²) in [6.45, 7) is 2.54. The zero-order chi connectivity index (χ0) is 13.1. The zero-order valence-electron chi connectivity index (χ0n) is 10.3. The highest BCUT2D eigenvalue weighted by Crippen LogP contribution is 2.27. The second-order valence-electron chi connectivity index (χ2n) is 4.68. The van der Waals surface area contributed by atoms with Gasteiger partial charge in [0.15, 0.2) is 0 Å². The molecule has 1 saturated carbocycles. The number of anilines is 1. The Bertz CT molecular complexity index is 528. The summed E-state index contributed by atoms with van der Waals surface area (Å²) in [6, 6.07) is -0.187. The second-order valence-corrected chi connectivity index (χ2v) is 5.54. The van der Waals surface area contributed by atoms with Crippen molar-refractivity contribution < 1.29 is 0 Å². The topological polar surface area (TPSA) is 46.9 Å². The lowest BCUT2D eigenvalue weighted by atomic mass is 9.85. The summed E-state index contributed by atoms with van der Waals surface area (Å²) in [7, 11) is 0. The minimum absolute atomic E-state index is 0.113. The molecule has 4 nitrogen and oxygen atoms in total. The van der Waals surface area contributed by atoms with E-state index in [2.05, 4.69) is 32.3 Å². The molecule has 96 valence electrons. The van der Waals surface area contributed by atoms with E-state index in [1.807, 2.05) is 6.92 Å². The van der Waals surface area contributed by atoms with Gasteiger partial charge in [-0.3, -0.25) is 4.79 Å². The molecule has 1 aliphatic carbocycles. The van der Waals surface area contributed by atoms with E-state index >= 15 is 0 Å². The lowest BCUT2D eigenvalue weighted by Gasteiger charge is -2.25. The normalized spacial score (nSPS) is 16.7. The van der Waals surface area contributed by atoms with Gasteiger partial charge in [-0.15, -0.1) is 6.42 Å². The molecule has 5 heteroatoms.